The fourth-order valence-corrected chi connectivity index (χ4v) is 9.15. The van der Waals surface area contributed by atoms with Crippen LogP contribution in [-0.4, -0.2) is 26.7 Å². The van der Waals surface area contributed by atoms with Crippen molar-refractivity contribution in [2.45, 2.75) is 33.1 Å². The van der Waals surface area contributed by atoms with Gasteiger partial charge in [0.15, 0.2) is 0 Å². The molecule has 0 unspecified atom stereocenters. The van der Waals surface area contributed by atoms with Gasteiger partial charge in [-0.2, -0.15) is 0 Å². The van der Waals surface area contributed by atoms with Crippen molar-refractivity contribution in [3.63, 3.8) is 0 Å². The Morgan fingerprint density at radius 1 is 0.762 bits per heavy atom. The van der Waals surface area contributed by atoms with Crippen molar-refractivity contribution in [1.82, 2.24) is 0 Å². The van der Waals surface area contributed by atoms with Crippen molar-refractivity contribution in [2.24, 2.45) is 0 Å². The van der Waals surface area contributed by atoms with Crippen molar-refractivity contribution in [1.29, 1.82) is 0 Å². The maximum Gasteiger partial charge on any atom is 0.0960 e. The summed E-state index contributed by atoms with van der Waals surface area (Å²) in [6, 6.07) is 9.52. The van der Waals surface area contributed by atoms with Crippen molar-refractivity contribution < 1.29 is 41.8 Å². The van der Waals surface area contributed by atoms with Crippen LogP contribution in [0.5, 0.6) is 0 Å². The Morgan fingerprint density at radius 3 is 1.29 bits per heavy atom. The Balaban J connectivity index is -0.000000221. The molecule has 1 aromatic rings. The van der Waals surface area contributed by atoms with E-state index in [0.29, 0.717) is 0 Å². The zero-order valence-corrected chi connectivity index (χ0v) is 19.9. The molecular weight excluding hydrogens is 375 g/mol. The van der Waals surface area contributed by atoms with E-state index < -0.39 is 14.3 Å². The monoisotopic (exact) mass is 408 g/mol. The van der Waals surface area contributed by atoms with Gasteiger partial charge in [-0.15, -0.1) is 0 Å². The van der Waals surface area contributed by atoms with Crippen LogP contribution in [0.2, 0.25) is 0 Å². The van der Waals surface area contributed by atoms with E-state index in [2.05, 4.69) is 0 Å². The van der Waals surface area contributed by atoms with Crippen molar-refractivity contribution in [2.75, 3.05) is 26.7 Å². The van der Waals surface area contributed by atoms with Gasteiger partial charge in [-0.25, -0.2) is 0 Å². The molecule has 0 atom stereocenters. The van der Waals surface area contributed by atoms with E-state index in [1.165, 1.54) is 0 Å². The average Bonchev–Trinajstić information content (AvgIpc) is 2.32. The second kappa shape index (κ2) is 14.4. The number of hydrogen-bond acceptors (Lipinski definition) is 2. The Labute approximate surface area is 158 Å². The molecule has 0 bridgehead atoms. The van der Waals surface area contributed by atoms with Crippen LogP contribution in [0.4, 0.5) is 0 Å². The van der Waals surface area contributed by atoms with Gasteiger partial charge in [0, 0.05) is 32.7 Å². The molecular formula is C16H33O2P2Y-. The molecule has 0 saturated heterocycles. The molecule has 0 spiro atoms. The summed E-state index contributed by atoms with van der Waals surface area (Å²) in [7, 11) is -4.76. The second-order valence-corrected chi connectivity index (χ2v) is 11.8. The van der Waals surface area contributed by atoms with Crippen molar-refractivity contribution in [3.05, 3.63) is 43.3 Å². The summed E-state index contributed by atoms with van der Waals surface area (Å²) in [5, 5.41) is -0.300. The molecule has 0 fully saturated rings. The van der Waals surface area contributed by atoms with E-state index in [4.69, 9.17) is 0 Å². The van der Waals surface area contributed by atoms with E-state index in [1.54, 1.807) is 26.7 Å². The summed E-state index contributed by atoms with van der Waals surface area (Å²) in [5.41, 5.74) is 0.930. The van der Waals surface area contributed by atoms with Crippen LogP contribution in [0, 0.1) is 7.43 Å². The van der Waals surface area contributed by atoms with Crippen LogP contribution < -0.4 is 0 Å². The van der Waals surface area contributed by atoms with Gasteiger partial charge in [-0.3, -0.25) is 0 Å². The largest absolute Gasteiger partial charge is 0.358 e. The van der Waals surface area contributed by atoms with Crippen molar-refractivity contribution in [3.8, 4) is 0 Å². The molecule has 0 aliphatic heterocycles. The summed E-state index contributed by atoms with van der Waals surface area (Å²) in [6.07, 6.45) is 0. The molecule has 0 aromatic heterocycles. The second-order valence-electron chi connectivity index (χ2n) is 4.65. The van der Waals surface area contributed by atoms with Crippen LogP contribution in [0.15, 0.2) is 30.3 Å². The van der Waals surface area contributed by atoms with Gasteiger partial charge in [0.05, 0.1) is 19.7 Å². The Bertz CT molecular complexity index is 399. The average molecular weight is 408 g/mol. The molecule has 21 heavy (non-hydrogen) atoms. The van der Waals surface area contributed by atoms with Gasteiger partial charge in [0.1, 0.15) is 0 Å². The normalized spacial score (nSPS) is 9.95. The van der Waals surface area contributed by atoms with Gasteiger partial charge in [0.2, 0.25) is 0 Å². The molecule has 5 heteroatoms. The van der Waals surface area contributed by atoms with Crippen LogP contribution in [0.25, 0.3) is 0 Å². The minimum Gasteiger partial charge on any atom is -0.358 e. The van der Waals surface area contributed by atoms with Crippen LogP contribution in [0.1, 0.15) is 38.7 Å². The van der Waals surface area contributed by atoms with Crippen LogP contribution in [-0.2, 0) is 41.8 Å². The first-order chi connectivity index (χ1) is 8.73. The molecule has 0 saturated carbocycles. The molecule has 1 radical (unpaired) electrons. The SMILES string of the molecule is CC.CC.CP(C)(=O)C(c1ccccc1)P(C)(C)=O.[CH3-].[Y]. The molecule has 1 aromatic carbocycles. The van der Waals surface area contributed by atoms with E-state index in [1.807, 2.05) is 58.0 Å². The first kappa shape index (κ1) is 29.8. The van der Waals surface area contributed by atoms with Crippen LogP contribution >= 0.6 is 14.3 Å². The molecule has 0 N–H and O–H groups in total. The molecule has 0 amide bonds. The molecule has 1 rings (SSSR count). The van der Waals surface area contributed by atoms with Gasteiger partial charge < -0.3 is 16.6 Å². The molecule has 0 aliphatic carbocycles. The van der Waals surface area contributed by atoms with Gasteiger partial charge in [0.25, 0.3) is 0 Å². The maximum absolute atomic E-state index is 12.2. The summed E-state index contributed by atoms with van der Waals surface area (Å²) in [5.74, 6) is 0. The predicted molar refractivity (Wildman–Crippen MR) is 97.2 cm³/mol. The Hall–Kier alpha value is 0.784. The fraction of sp³-hybridized carbons (Fsp3) is 0.562. The quantitative estimate of drug-likeness (QED) is 0.427. The number of rotatable bonds is 3. The Morgan fingerprint density at radius 2 is 1.05 bits per heavy atom. The minimum atomic E-state index is -2.38. The fourth-order valence-electron chi connectivity index (χ4n) is 2.01. The van der Waals surface area contributed by atoms with Crippen LogP contribution in [0.3, 0.4) is 0 Å². The van der Waals surface area contributed by atoms with Gasteiger partial charge in [-0.1, -0.05) is 58.0 Å². The Kier molecular flexibility index (Phi) is 20.4. The van der Waals surface area contributed by atoms with E-state index in [9.17, 15) is 9.13 Å². The minimum absolute atomic E-state index is 0. The zero-order chi connectivity index (χ0) is 15.7. The molecule has 123 valence electrons. The summed E-state index contributed by atoms with van der Waals surface area (Å²) >= 11 is 0. The van der Waals surface area contributed by atoms with Gasteiger partial charge in [-0.05, 0) is 32.2 Å². The maximum atomic E-state index is 12.2. The third-order valence-corrected chi connectivity index (χ3v) is 8.56. The molecule has 0 heterocycles. The summed E-state index contributed by atoms with van der Waals surface area (Å²) in [4.78, 5) is 0. The topological polar surface area (TPSA) is 34.1 Å². The standard InChI is InChI=1S/C11H18O2P2.2C2H6.CH3.Y/c1-14(2,12)11(15(3,4)13)10-8-6-5-7-9-10;2*1-2;;/h5-9,11H,1-4H3;2*1-2H3;1H3;/q;;;-1;. The first-order valence-corrected chi connectivity index (χ1v) is 12.2. The van der Waals surface area contributed by atoms with E-state index in [-0.39, 0.29) is 45.5 Å². The third-order valence-electron chi connectivity index (χ3n) is 2.28. The van der Waals surface area contributed by atoms with Crippen molar-refractivity contribution >= 4 is 14.3 Å². The smallest absolute Gasteiger partial charge is 0.0960 e. The zero-order valence-electron chi connectivity index (χ0n) is 15.3. The predicted octanol–water partition coefficient (Wildman–Crippen LogP) is 6.43. The first-order valence-electron chi connectivity index (χ1n) is 6.87. The summed E-state index contributed by atoms with van der Waals surface area (Å²) < 4.78 is 24.4. The van der Waals surface area contributed by atoms with E-state index in [0.717, 1.165) is 5.56 Å². The van der Waals surface area contributed by atoms with E-state index >= 15 is 0 Å². The number of benzene rings is 1. The molecule has 0 aliphatic rings. The number of hydrogen-bond donors (Lipinski definition) is 0. The summed E-state index contributed by atoms with van der Waals surface area (Å²) in [6.45, 7) is 14.9. The van der Waals surface area contributed by atoms with Gasteiger partial charge >= 0.3 is 0 Å². The third kappa shape index (κ3) is 11.9. The molecule has 2 nitrogen and oxygen atoms in total.